The van der Waals surface area contributed by atoms with Crippen LogP contribution in [0.3, 0.4) is 0 Å². The van der Waals surface area contributed by atoms with Crippen molar-refractivity contribution < 1.29 is 15.0 Å². The molecule has 36 heavy (non-hydrogen) atoms. The predicted octanol–water partition coefficient (Wildman–Crippen LogP) is 8.93. The van der Waals surface area contributed by atoms with E-state index in [9.17, 15) is 15.0 Å². The van der Waals surface area contributed by atoms with E-state index in [2.05, 4.69) is 20.8 Å². The first kappa shape index (κ1) is 32.5. The molecule has 0 saturated carbocycles. The summed E-state index contributed by atoms with van der Waals surface area (Å²) in [6, 6.07) is 20.4. The second kappa shape index (κ2) is 17.0. The van der Waals surface area contributed by atoms with Crippen LogP contribution in [0.1, 0.15) is 81.9 Å². The fourth-order valence-corrected chi connectivity index (χ4v) is 3.24. The number of aryl methyl sites for hydroxylation is 2. The van der Waals surface area contributed by atoms with Gasteiger partial charge >= 0.3 is 0 Å². The molecule has 0 unspecified atom stereocenters. The topological polar surface area (TPSA) is 60.8 Å². The van der Waals surface area contributed by atoms with Crippen LogP contribution in [0.4, 0.5) is 5.69 Å². The SMILES string of the molecule is CC.CC.CC/C(C)=C(/C)c1cccc(C)c1O.Cc1cccc(C(=O)N(C)c2ccccc2)c1O. The Bertz CT molecular complexity index is 1100. The molecule has 0 radical (unpaired) electrons. The van der Waals surface area contributed by atoms with E-state index in [1.165, 1.54) is 16.0 Å². The second-order valence-electron chi connectivity index (χ2n) is 7.90. The molecular weight excluding hydrogens is 446 g/mol. The third-order valence-corrected chi connectivity index (χ3v) is 5.73. The van der Waals surface area contributed by atoms with Crippen LogP contribution in [-0.2, 0) is 0 Å². The fraction of sp³-hybridized carbons (Fsp3) is 0.344. The van der Waals surface area contributed by atoms with E-state index < -0.39 is 0 Å². The normalized spacial score (nSPS) is 10.3. The Morgan fingerprint density at radius 1 is 0.722 bits per heavy atom. The first-order valence-electron chi connectivity index (χ1n) is 12.8. The van der Waals surface area contributed by atoms with Gasteiger partial charge in [0.2, 0.25) is 0 Å². The number of nitrogens with zero attached hydrogens (tertiary/aromatic N) is 1. The molecule has 0 aliphatic carbocycles. The van der Waals surface area contributed by atoms with Gasteiger partial charge in [-0.25, -0.2) is 0 Å². The van der Waals surface area contributed by atoms with E-state index in [-0.39, 0.29) is 11.7 Å². The molecular formula is C32H45NO3. The predicted molar refractivity (Wildman–Crippen MR) is 156 cm³/mol. The van der Waals surface area contributed by atoms with Gasteiger partial charge in [-0.15, -0.1) is 0 Å². The van der Waals surface area contributed by atoms with Crippen LogP contribution in [0.25, 0.3) is 5.57 Å². The van der Waals surface area contributed by atoms with Crippen molar-refractivity contribution in [3.8, 4) is 11.5 Å². The van der Waals surface area contributed by atoms with Crippen molar-refractivity contribution >= 4 is 17.2 Å². The summed E-state index contributed by atoms with van der Waals surface area (Å²) in [5, 5.41) is 19.8. The van der Waals surface area contributed by atoms with Crippen molar-refractivity contribution in [2.75, 3.05) is 11.9 Å². The third-order valence-electron chi connectivity index (χ3n) is 5.73. The van der Waals surface area contributed by atoms with Crippen molar-refractivity contribution in [1.82, 2.24) is 0 Å². The highest BCUT2D eigenvalue weighted by Crippen LogP contribution is 2.30. The summed E-state index contributed by atoms with van der Waals surface area (Å²) in [4.78, 5) is 13.8. The average Bonchev–Trinajstić information content (AvgIpc) is 2.93. The molecule has 3 rings (SSSR count). The number of aromatic hydroxyl groups is 2. The molecule has 0 spiro atoms. The highest BCUT2D eigenvalue weighted by Gasteiger charge is 2.17. The van der Waals surface area contributed by atoms with Crippen molar-refractivity contribution in [2.24, 2.45) is 0 Å². The van der Waals surface area contributed by atoms with E-state index in [0.29, 0.717) is 16.9 Å². The van der Waals surface area contributed by atoms with Gasteiger partial charge in [0.1, 0.15) is 11.5 Å². The van der Waals surface area contributed by atoms with Gasteiger partial charge in [0, 0.05) is 18.3 Å². The lowest BCUT2D eigenvalue weighted by Gasteiger charge is -2.18. The average molecular weight is 492 g/mol. The van der Waals surface area contributed by atoms with Crippen LogP contribution < -0.4 is 4.90 Å². The molecule has 0 aliphatic rings. The molecule has 0 bridgehead atoms. The summed E-state index contributed by atoms with van der Waals surface area (Å²) in [6.45, 7) is 18.0. The Morgan fingerprint density at radius 3 is 1.64 bits per heavy atom. The van der Waals surface area contributed by atoms with Crippen molar-refractivity contribution in [2.45, 2.75) is 68.7 Å². The number of allylic oxidation sites excluding steroid dienone is 2. The van der Waals surface area contributed by atoms with Gasteiger partial charge in [-0.3, -0.25) is 4.79 Å². The number of amides is 1. The monoisotopic (exact) mass is 491 g/mol. The van der Waals surface area contributed by atoms with Gasteiger partial charge in [-0.05, 0) is 69.0 Å². The highest BCUT2D eigenvalue weighted by atomic mass is 16.3. The van der Waals surface area contributed by atoms with Crippen molar-refractivity contribution in [3.63, 3.8) is 0 Å². The Labute approximate surface area is 218 Å². The summed E-state index contributed by atoms with van der Waals surface area (Å²) >= 11 is 0. The number of carbonyl (C=O) groups excluding carboxylic acids is 1. The lowest BCUT2D eigenvalue weighted by atomic mass is 9.98. The number of carbonyl (C=O) groups is 1. The number of para-hydroxylation sites is 3. The molecule has 196 valence electrons. The molecule has 0 fully saturated rings. The van der Waals surface area contributed by atoms with Crippen LogP contribution in [-0.4, -0.2) is 23.2 Å². The zero-order valence-corrected chi connectivity index (χ0v) is 23.8. The van der Waals surface area contributed by atoms with Crippen molar-refractivity contribution in [1.29, 1.82) is 0 Å². The van der Waals surface area contributed by atoms with Gasteiger partial charge < -0.3 is 15.1 Å². The maximum absolute atomic E-state index is 12.3. The highest BCUT2D eigenvalue weighted by molar-refractivity contribution is 6.07. The van der Waals surface area contributed by atoms with Crippen LogP contribution in [0.5, 0.6) is 11.5 Å². The van der Waals surface area contributed by atoms with E-state index in [0.717, 1.165) is 23.2 Å². The van der Waals surface area contributed by atoms with Crippen LogP contribution in [0.2, 0.25) is 0 Å². The molecule has 4 nitrogen and oxygen atoms in total. The number of phenols is 2. The number of hydrogen-bond acceptors (Lipinski definition) is 3. The Hall–Kier alpha value is -3.53. The summed E-state index contributed by atoms with van der Waals surface area (Å²) in [6.07, 6.45) is 1.03. The second-order valence-corrected chi connectivity index (χ2v) is 7.90. The number of benzene rings is 3. The first-order valence-corrected chi connectivity index (χ1v) is 12.8. The number of anilines is 1. The summed E-state index contributed by atoms with van der Waals surface area (Å²) in [7, 11) is 1.69. The minimum absolute atomic E-state index is 0.0466. The maximum atomic E-state index is 12.3. The fourth-order valence-electron chi connectivity index (χ4n) is 3.24. The molecule has 0 atom stereocenters. The number of phenolic OH excluding ortho intramolecular Hbond substituents is 2. The number of rotatable bonds is 4. The molecule has 1 amide bonds. The molecule has 0 aliphatic heterocycles. The Kier molecular flexibility index (Phi) is 15.3. The number of hydrogen-bond donors (Lipinski definition) is 2. The summed E-state index contributed by atoms with van der Waals surface area (Å²) in [5.74, 6) is 0.241. The van der Waals surface area contributed by atoms with Crippen molar-refractivity contribution in [3.05, 3.63) is 94.6 Å². The standard InChI is InChI=1S/C15H15NO2.C13H18O.2C2H6/c1-11-7-6-10-13(14(11)17)15(18)16(2)12-8-4-3-5-9-12;1-5-9(2)11(4)12-8-6-7-10(3)13(12)14;2*1-2/h3-10,17H,1-2H3;6-8,14H,5H2,1-4H3;2*1-2H3/b;11-9-;;. The van der Waals surface area contributed by atoms with E-state index >= 15 is 0 Å². The third kappa shape index (κ3) is 8.92. The minimum Gasteiger partial charge on any atom is -0.507 e. The first-order chi connectivity index (χ1) is 17.2. The molecule has 3 aromatic carbocycles. The Balaban J connectivity index is 0.000000613. The molecule has 3 aromatic rings. The molecule has 2 N–H and O–H groups in total. The Morgan fingerprint density at radius 2 is 1.17 bits per heavy atom. The zero-order valence-electron chi connectivity index (χ0n) is 23.8. The van der Waals surface area contributed by atoms with Crippen LogP contribution >= 0.6 is 0 Å². The van der Waals surface area contributed by atoms with Gasteiger partial charge in [-0.2, -0.15) is 0 Å². The molecule has 4 heteroatoms. The summed E-state index contributed by atoms with van der Waals surface area (Å²) < 4.78 is 0. The van der Waals surface area contributed by atoms with Gasteiger partial charge in [0.05, 0.1) is 5.56 Å². The molecule has 0 aromatic heterocycles. The minimum atomic E-state index is -0.220. The maximum Gasteiger partial charge on any atom is 0.261 e. The lowest BCUT2D eigenvalue weighted by Crippen LogP contribution is -2.26. The zero-order chi connectivity index (χ0) is 27.8. The smallest absolute Gasteiger partial charge is 0.261 e. The lowest BCUT2D eigenvalue weighted by molar-refractivity contribution is 0.0990. The molecule has 0 heterocycles. The van der Waals surface area contributed by atoms with Gasteiger partial charge in [0.15, 0.2) is 0 Å². The van der Waals surface area contributed by atoms with E-state index in [1.54, 1.807) is 32.2 Å². The van der Waals surface area contributed by atoms with Gasteiger partial charge in [0.25, 0.3) is 5.91 Å². The summed E-state index contributed by atoms with van der Waals surface area (Å²) in [5.41, 5.74) is 6.22. The van der Waals surface area contributed by atoms with Crippen LogP contribution in [0, 0.1) is 13.8 Å². The molecule has 0 saturated heterocycles. The van der Waals surface area contributed by atoms with E-state index in [4.69, 9.17) is 0 Å². The van der Waals surface area contributed by atoms with Crippen LogP contribution in [0.15, 0.2) is 72.3 Å². The quantitative estimate of drug-likeness (QED) is 0.383. The largest absolute Gasteiger partial charge is 0.507 e. The van der Waals surface area contributed by atoms with E-state index in [1.807, 2.05) is 83.1 Å². The van der Waals surface area contributed by atoms with Gasteiger partial charge in [-0.1, -0.05) is 88.7 Å².